The minimum absolute atomic E-state index is 0.236. The Hall–Kier alpha value is -3.35. The highest BCUT2D eigenvalue weighted by Crippen LogP contribution is 2.32. The van der Waals surface area contributed by atoms with Crippen LogP contribution in [-0.4, -0.2) is 34.4 Å². The van der Waals surface area contributed by atoms with E-state index in [4.69, 9.17) is 4.74 Å². The van der Waals surface area contributed by atoms with E-state index in [0.29, 0.717) is 30.4 Å². The lowest BCUT2D eigenvalue weighted by Gasteiger charge is -2.28. The second-order valence-electron chi connectivity index (χ2n) is 5.28. The van der Waals surface area contributed by atoms with Gasteiger partial charge in [-0.15, -0.1) is 0 Å². The molecule has 2 N–H and O–H groups in total. The first kappa shape index (κ1) is 14.3. The summed E-state index contributed by atoms with van der Waals surface area (Å²) >= 11 is 0. The Balaban J connectivity index is 1.64. The number of aromatic amines is 1. The van der Waals surface area contributed by atoms with Gasteiger partial charge >= 0.3 is 6.03 Å². The van der Waals surface area contributed by atoms with Gasteiger partial charge in [0.1, 0.15) is 6.61 Å². The summed E-state index contributed by atoms with van der Waals surface area (Å²) in [5.74, 6) is 1.09. The van der Waals surface area contributed by atoms with E-state index < -0.39 is 0 Å². The predicted molar refractivity (Wildman–Crippen MR) is 90.1 cm³/mol. The zero-order valence-electron chi connectivity index (χ0n) is 12.8. The maximum absolute atomic E-state index is 12.6. The summed E-state index contributed by atoms with van der Waals surface area (Å²) < 4.78 is 5.62. The van der Waals surface area contributed by atoms with E-state index in [2.05, 4.69) is 20.5 Å². The number of H-pyrrole nitrogens is 1. The first-order valence-electron chi connectivity index (χ1n) is 7.58. The molecule has 0 atom stereocenters. The summed E-state index contributed by atoms with van der Waals surface area (Å²) in [6, 6.07) is 14.6. The van der Waals surface area contributed by atoms with Crippen molar-refractivity contribution in [3.05, 3.63) is 54.7 Å². The van der Waals surface area contributed by atoms with Gasteiger partial charge in [-0.2, -0.15) is 5.10 Å². The van der Waals surface area contributed by atoms with Crippen molar-refractivity contribution < 1.29 is 9.53 Å². The summed E-state index contributed by atoms with van der Waals surface area (Å²) in [5.41, 5.74) is 2.22. The molecule has 1 aromatic carbocycles. The summed E-state index contributed by atoms with van der Waals surface area (Å²) in [6.07, 6.45) is 1.66. The second kappa shape index (κ2) is 6.04. The number of rotatable bonds is 2. The van der Waals surface area contributed by atoms with Crippen LogP contribution >= 0.6 is 0 Å². The number of aromatic nitrogens is 3. The number of anilines is 2. The minimum atomic E-state index is -0.236. The van der Waals surface area contributed by atoms with Crippen LogP contribution in [0.25, 0.3) is 11.4 Å². The number of nitrogens with one attached hydrogen (secondary N) is 2. The van der Waals surface area contributed by atoms with Gasteiger partial charge in [0.2, 0.25) is 0 Å². The van der Waals surface area contributed by atoms with Crippen LogP contribution in [-0.2, 0) is 0 Å². The monoisotopic (exact) mass is 321 g/mol. The van der Waals surface area contributed by atoms with Crippen molar-refractivity contribution in [2.45, 2.75) is 0 Å². The molecule has 4 rings (SSSR count). The van der Waals surface area contributed by atoms with Crippen molar-refractivity contribution in [3.8, 4) is 17.1 Å². The average molecular weight is 321 g/mol. The van der Waals surface area contributed by atoms with Crippen LogP contribution in [0.3, 0.4) is 0 Å². The molecule has 0 saturated heterocycles. The van der Waals surface area contributed by atoms with Crippen molar-refractivity contribution in [1.29, 1.82) is 0 Å². The van der Waals surface area contributed by atoms with Gasteiger partial charge in [0.15, 0.2) is 11.6 Å². The number of pyridine rings is 1. The highest BCUT2D eigenvalue weighted by molar-refractivity contribution is 6.02. The van der Waals surface area contributed by atoms with Gasteiger partial charge in [0, 0.05) is 11.9 Å². The molecule has 7 nitrogen and oxygen atoms in total. The minimum Gasteiger partial charge on any atom is -0.488 e. The molecule has 0 saturated carbocycles. The number of ether oxygens (including phenoxy) is 1. The van der Waals surface area contributed by atoms with E-state index in [9.17, 15) is 4.79 Å². The molecule has 0 unspecified atom stereocenters. The molecular weight excluding hydrogens is 306 g/mol. The lowest BCUT2D eigenvalue weighted by atomic mass is 10.2. The summed E-state index contributed by atoms with van der Waals surface area (Å²) in [4.78, 5) is 18.8. The number of nitrogens with zero attached hydrogens (tertiary/aromatic N) is 3. The Morgan fingerprint density at radius 3 is 2.83 bits per heavy atom. The summed E-state index contributed by atoms with van der Waals surface area (Å²) in [6.45, 7) is 0.866. The van der Waals surface area contributed by atoms with Gasteiger partial charge in [0.05, 0.1) is 17.9 Å². The molecule has 7 heteroatoms. The highest BCUT2D eigenvalue weighted by atomic mass is 16.5. The fraction of sp³-hybridized carbons (Fsp3) is 0.118. The lowest BCUT2D eigenvalue weighted by Crippen LogP contribution is -2.41. The van der Waals surface area contributed by atoms with E-state index in [1.165, 1.54) is 0 Å². The Bertz CT molecular complexity index is 849. The number of hydrogen-bond donors (Lipinski definition) is 2. The van der Waals surface area contributed by atoms with Gasteiger partial charge in [0.25, 0.3) is 0 Å². The Kier molecular flexibility index (Phi) is 3.59. The number of carbonyl (C=O) groups excluding carboxylic acids is 1. The van der Waals surface area contributed by atoms with Crippen LogP contribution in [0.15, 0.2) is 54.7 Å². The normalized spacial score (nSPS) is 13.1. The van der Waals surface area contributed by atoms with Crippen molar-refractivity contribution in [2.75, 3.05) is 23.4 Å². The third kappa shape index (κ3) is 2.67. The molecule has 3 aromatic rings. The molecule has 0 aliphatic carbocycles. The molecule has 1 aliphatic rings. The van der Waals surface area contributed by atoms with Crippen molar-refractivity contribution in [1.82, 2.24) is 15.2 Å². The van der Waals surface area contributed by atoms with Gasteiger partial charge in [-0.05, 0) is 30.3 Å². The number of amides is 2. The molecule has 1 aliphatic heterocycles. The van der Waals surface area contributed by atoms with Crippen LogP contribution in [0.2, 0.25) is 0 Å². The predicted octanol–water partition coefficient (Wildman–Crippen LogP) is 2.90. The molecule has 120 valence electrons. The number of carbonyl (C=O) groups is 1. The second-order valence-corrected chi connectivity index (χ2v) is 5.28. The molecular formula is C17H15N5O2. The third-order valence-corrected chi connectivity index (χ3v) is 3.71. The summed E-state index contributed by atoms with van der Waals surface area (Å²) in [5, 5.41) is 9.68. The Morgan fingerprint density at radius 1 is 1.17 bits per heavy atom. The topological polar surface area (TPSA) is 83.1 Å². The first-order valence-corrected chi connectivity index (χ1v) is 7.58. The molecule has 2 amide bonds. The summed E-state index contributed by atoms with van der Waals surface area (Å²) in [7, 11) is 0. The van der Waals surface area contributed by atoms with Crippen molar-refractivity contribution >= 4 is 17.5 Å². The molecule has 2 aromatic heterocycles. The molecule has 0 spiro atoms. The fourth-order valence-electron chi connectivity index (χ4n) is 2.55. The number of benzene rings is 1. The molecule has 24 heavy (non-hydrogen) atoms. The highest BCUT2D eigenvalue weighted by Gasteiger charge is 2.26. The van der Waals surface area contributed by atoms with Gasteiger partial charge in [-0.25, -0.2) is 9.78 Å². The smallest absolute Gasteiger partial charge is 0.327 e. The van der Waals surface area contributed by atoms with E-state index in [1.807, 2.05) is 48.5 Å². The van der Waals surface area contributed by atoms with E-state index in [-0.39, 0.29) is 6.03 Å². The van der Waals surface area contributed by atoms with E-state index >= 15 is 0 Å². The maximum Gasteiger partial charge on any atom is 0.327 e. The van der Waals surface area contributed by atoms with Gasteiger partial charge in [-0.1, -0.05) is 18.2 Å². The van der Waals surface area contributed by atoms with Crippen molar-refractivity contribution in [2.24, 2.45) is 0 Å². The van der Waals surface area contributed by atoms with E-state index in [1.54, 1.807) is 11.1 Å². The Labute approximate surface area is 138 Å². The zero-order valence-corrected chi connectivity index (χ0v) is 12.8. The maximum atomic E-state index is 12.6. The number of fused-ring (bicyclic) bond motifs is 1. The fourth-order valence-corrected chi connectivity index (χ4v) is 2.55. The van der Waals surface area contributed by atoms with E-state index in [0.717, 1.165) is 11.4 Å². The lowest BCUT2D eigenvalue weighted by molar-refractivity contribution is 0.249. The van der Waals surface area contributed by atoms with Crippen molar-refractivity contribution in [3.63, 3.8) is 0 Å². The van der Waals surface area contributed by atoms with Crippen LogP contribution in [0.5, 0.6) is 5.75 Å². The third-order valence-electron chi connectivity index (χ3n) is 3.71. The number of hydrogen-bond acceptors (Lipinski definition) is 4. The van der Waals surface area contributed by atoms with Crippen LogP contribution in [0, 0.1) is 0 Å². The largest absolute Gasteiger partial charge is 0.488 e. The average Bonchev–Trinajstić information content (AvgIpc) is 3.16. The zero-order chi connectivity index (χ0) is 16.4. The van der Waals surface area contributed by atoms with Gasteiger partial charge < -0.3 is 10.1 Å². The van der Waals surface area contributed by atoms with Crippen LogP contribution in [0.4, 0.5) is 16.3 Å². The Morgan fingerprint density at radius 2 is 2.04 bits per heavy atom. The molecule has 0 fully saturated rings. The standard InChI is InChI=1S/C17H15N5O2/c23-17(19-12-4-2-1-3-5-12)22-10-11-24-15-7-6-13(20-16(15)22)14-8-9-18-21-14/h1-9H,10-11H2,(H,18,21)(H,19,23). The van der Waals surface area contributed by atoms with Crippen LogP contribution in [0.1, 0.15) is 0 Å². The number of urea groups is 1. The van der Waals surface area contributed by atoms with Gasteiger partial charge in [-0.3, -0.25) is 10.00 Å². The molecule has 0 bridgehead atoms. The van der Waals surface area contributed by atoms with Crippen LogP contribution < -0.4 is 15.0 Å². The quantitative estimate of drug-likeness (QED) is 0.760. The molecule has 3 heterocycles. The number of para-hydroxylation sites is 1. The first-order chi connectivity index (χ1) is 11.8. The molecule has 0 radical (unpaired) electrons. The SMILES string of the molecule is O=C(Nc1ccccc1)N1CCOc2ccc(-c3ccn[nH]3)nc21.